The smallest absolute Gasteiger partial charge is 0.242 e. The normalized spacial score (nSPS) is 12.3. The first kappa shape index (κ1) is 23.6. The molecule has 0 saturated carbocycles. The lowest BCUT2D eigenvalue weighted by atomic mass is 10.0. The molecule has 0 aromatic heterocycles. The summed E-state index contributed by atoms with van der Waals surface area (Å²) in [6, 6.07) is 13.8. The lowest BCUT2D eigenvalue weighted by molar-refractivity contribution is -0.141. The summed E-state index contributed by atoms with van der Waals surface area (Å²) >= 11 is 0. The summed E-state index contributed by atoms with van der Waals surface area (Å²) in [4.78, 5) is 27.3. The number of halogens is 1. The number of aryl methyl sites for hydroxylation is 2. The molecule has 2 rings (SSSR count). The molecular formula is C25H33FN2O2. The van der Waals surface area contributed by atoms with Gasteiger partial charge in [-0.3, -0.25) is 9.59 Å². The Labute approximate surface area is 179 Å². The SMILES string of the molecule is CCc1ccc(CCC(=O)N(Cc2ccccc2F)[C@@H](C)C(=O)NC(C)(C)C)cc1. The van der Waals surface area contributed by atoms with E-state index in [1.165, 1.54) is 16.5 Å². The number of benzene rings is 2. The maximum absolute atomic E-state index is 14.2. The summed E-state index contributed by atoms with van der Waals surface area (Å²) in [6.45, 7) is 9.51. The third-order valence-electron chi connectivity index (χ3n) is 5.02. The third-order valence-corrected chi connectivity index (χ3v) is 5.02. The second-order valence-electron chi connectivity index (χ2n) is 8.70. The van der Waals surface area contributed by atoms with Crippen molar-refractivity contribution in [2.24, 2.45) is 0 Å². The third kappa shape index (κ3) is 6.97. The lowest BCUT2D eigenvalue weighted by Crippen LogP contribution is -2.52. The molecule has 5 heteroatoms. The first-order chi connectivity index (χ1) is 14.1. The second-order valence-corrected chi connectivity index (χ2v) is 8.70. The molecule has 0 aliphatic carbocycles. The molecule has 1 atom stereocenters. The van der Waals surface area contributed by atoms with Crippen molar-refractivity contribution in [3.8, 4) is 0 Å². The van der Waals surface area contributed by atoms with Crippen molar-refractivity contribution in [2.75, 3.05) is 0 Å². The molecular weight excluding hydrogens is 379 g/mol. The summed E-state index contributed by atoms with van der Waals surface area (Å²) in [6.07, 6.45) is 1.80. The van der Waals surface area contributed by atoms with Crippen molar-refractivity contribution >= 4 is 11.8 Å². The van der Waals surface area contributed by atoms with Crippen LogP contribution in [0.25, 0.3) is 0 Å². The van der Waals surface area contributed by atoms with Crippen molar-refractivity contribution in [1.82, 2.24) is 10.2 Å². The molecule has 0 heterocycles. The van der Waals surface area contributed by atoms with Crippen LogP contribution in [0.15, 0.2) is 48.5 Å². The Morgan fingerprint density at radius 3 is 2.20 bits per heavy atom. The van der Waals surface area contributed by atoms with E-state index in [0.717, 1.165) is 12.0 Å². The van der Waals surface area contributed by atoms with E-state index in [9.17, 15) is 14.0 Å². The molecule has 162 valence electrons. The van der Waals surface area contributed by atoms with Crippen LogP contribution in [0, 0.1) is 5.82 Å². The summed E-state index contributed by atoms with van der Waals surface area (Å²) in [5.41, 5.74) is 2.30. The molecule has 0 aliphatic heterocycles. The van der Waals surface area contributed by atoms with Gasteiger partial charge in [0.2, 0.25) is 11.8 Å². The number of amides is 2. The maximum atomic E-state index is 14.2. The van der Waals surface area contributed by atoms with Crippen LogP contribution in [0.5, 0.6) is 0 Å². The van der Waals surface area contributed by atoms with Crippen LogP contribution in [-0.2, 0) is 29.0 Å². The van der Waals surface area contributed by atoms with Gasteiger partial charge in [-0.05, 0) is 57.7 Å². The number of carbonyl (C=O) groups excluding carboxylic acids is 2. The van der Waals surface area contributed by atoms with Crippen LogP contribution in [0.4, 0.5) is 4.39 Å². The van der Waals surface area contributed by atoms with Crippen LogP contribution in [-0.4, -0.2) is 28.3 Å². The highest BCUT2D eigenvalue weighted by Gasteiger charge is 2.28. The number of nitrogens with zero attached hydrogens (tertiary/aromatic N) is 1. The summed E-state index contributed by atoms with van der Waals surface area (Å²) < 4.78 is 14.2. The Balaban J connectivity index is 2.16. The van der Waals surface area contributed by atoms with Crippen LogP contribution in [0.3, 0.4) is 0 Å². The minimum atomic E-state index is -0.709. The average Bonchev–Trinajstić information content (AvgIpc) is 2.70. The molecule has 2 aromatic rings. The highest BCUT2D eigenvalue weighted by molar-refractivity contribution is 5.87. The van der Waals surface area contributed by atoms with Gasteiger partial charge in [0.15, 0.2) is 0 Å². The van der Waals surface area contributed by atoms with Crippen molar-refractivity contribution in [2.45, 2.75) is 72.0 Å². The number of rotatable bonds is 8. The van der Waals surface area contributed by atoms with E-state index in [0.29, 0.717) is 12.0 Å². The van der Waals surface area contributed by atoms with Gasteiger partial charge in [0.25, 0.3) is 0 Å². The molecule has 30 heavy (non-hydrogen) atoms. The second kappa shape index (κ2) is 10.4. The molecule has 2 aromatic carbocycles. The zero-order valence-electron chi connectivity index (χ0n) is 18.7. The summed E-state index contributed by atoms with van der Waals surface area (Å²) in [5.74, 6) is -0.803. The van der Waals surface area contributed by atoms with E-state index in [-0.39, 0.29) is 30.6 Å². The van der Waals surface area contributed by atoms with Crippen LogP contribution in [0.1, 0.15) is 57.7 Å². The van der Waals surface area contributed by atoms with E-state index >= 15 is 0 Å². The quantitative estimate of drug-likeness (QED) is 0.686. The van der Waals surface area contributed by atoms with Crippen molar-refractivity contribution in [3.05, 3.63) is 71.0 Å². The van der Waals surface area contributed by atoms with Gasteiger partial charge in [-0.2, -0.15) is 0 Å². The molecule has 4 nitrogen and oxygen atoms in total. The Kier molecular flexibility index (Phi) is 8.16. The molecule has 0 saturated heterocycles. The molecule has 0 fully saturated rings. The van der Waals surface area contributed by atoms with Crippen LogP contribution >= 0.6 is 0 Å². The topological polar surface area (TPSA) is 49.4 Å². The molecule has 0 unspecified atom stereocenters. The molecule has 0 spiro atoms. The fourth-order valence-corrected chi connectivity index (χ4v) is 3.20. The highest BCUT2D eigenvalue weighted by atomic mass is 19.1. The van der Waals surface area contributed by atoms with Crippen molar-refractivity contribution in [3.63, 3.8) is 0 Å². The van der Waals surface area contributed by atoms with E-state index in [2.05, 4.69) is 24.4 Å². The predicted molar refractivity (Wildman–Crippen MR) is 118 cm³/mol. The Morgan fingerprint density at radius 2 is 1.63 bits per heavy atom. The van der Waals surface area contributed by atoms with Crippen LogP contribution in [0.2, 0.25) is 0 Å². The van der Waals surface area contributed by atoms with E-state index in [4.69, 9.17) is 0 Å². The molecule has 2 amide bonds. The van der Waals surface area contributed by atoms with Gasteiger partial charge in [-0.15, -0.1) is 0 Å². The monoisotopic (exact) mass is 412 g/mol. The molecule has 0 aliphatic rings. The minimum Gasteiger partial charge on any atom is -0.350 e. The van der Waals surface area contributed by atoms with Gasteiger partial charge < -0.3 is 10.2 Å². The summed E-state index contributed by atoms with van der Waals surface area (Å²) in [7, 11) is 0. The fraction of sp³-hybridized carbons (Fsp3) is 0.440. The number of hydrogen-bond donors (Lipinski definition) is 1. The lowest BCUT2D eigenvalue weighted by Gasteiger charge is -2.31. The first-order valence-corrected chi connectivity index (χ1v) is 10.5. The Morgan fingerprint density at radius 1 is 1.03 bits per heavy atom. The Hall–Kier alpha value is -2.69. The molecule has 1 N–H and O–H groups in total. The van der Waals surface area contributed by atoms with Gasteiger partial charge >= 0.3 is 0 Å². The van der Waals surface area contributed by atoms with E-state index in [1.54, 1.807) is 25.1 Å². The first-order valence-electron chi connectivity index (χ1n) is 10.5. The van der Waals surface area contributed by atoms with Crippen molar-refractivity contribution in [1.29, 1.82) is 0 Å². The number of hydrogen-bond acceptors (Lipinski definition) is 2. The number of nitrogens with one attached hydrogen (secondary N) is 1. The maximum Gasteiger partial charge on any atom is 0.242 e. The fourth-order valence-electron chi connectivity index (χ4n) is 3.20. The van der Waals surface area contributed by atoms with Gasteiger partial charge in [0.1, 0.15) is 11.9 Å². The van der Waals surface area contributed by atoms with Crippen LogP contribution < -0.4 is 5.32 Å². The summed E-state index contributed by atoms with van der Waals surface area (Å²) in [5, 5.41) is 2.91. The van der Waals surface area contributed by atoms with Gasteiger partial charge in [0.05, 0.1) is 0 Å². The highest BCUT2D eigenvalue weighted by Crippen LogP contribution is 2.16. The largest absolute Gasteiger partial charge is 0.350 e. The predicted octanol–water partition coefficient (Wildman–Crippen LogP) is 4.65. The molecule has 0 bridgehead atoms. The number of carbonyl (C=O) groups is 2. The van der Waals surface area contributed by atoms with E-state index < -0.39 is 11.6 Å². The van der Waals surface area contributed by atoms with Gasteiger partial charge in [0, 0.05) is 24.1 Å². The Bertz CT molecular complexity index is 856. The standard InChI is InChI=1S/C25H33FN2O2/c1-6-19-11-13-20(14-12-19)15-16-23(29)28(17-21-9-7-8-10-22(21)26)18(2)24(30)27-25(3,4)5/h7-14,18H,6,15-17H2,1-5H3,(H,27,30)/t18-/m0/s1. The van der Waals surface area contributed by atoms with Crippen molar-refractivity contribution < 1.29 is 14.0 Å². The zero-order chi connectivity index (χ0) is 22.3. The van der Waals surface area contributed by atoms with E-state index in [1.807, 2.05) is 32.9 Å². The average molecular weight is 413 g/mol. The van der Waals surface area contributed by atoms with Gasteiger partial charge in [-0.25, -0.2) is 4.39 Å². The molecule has 0 radical (unpaired) electrons. The van der Waals surface area contributed by atoms with Gasteiger partial charge in [-0.1, -0.05) is 49.4 Å². The zero-order valence-corrected chi connectivity index (χ0v) is 18.7. The minimum absolute atomic E-state index is 0.0546.